The highest BCUT2D eigenvalue weighted by molar-refractivity contribution is 5.94. The van der Waals surface area contributed by atoms with Gasteiger partial charge in [-0.2, -0.15) is 5.10 Å². The van der Waals surface area contributed by atoms with Gasteiger partial charge in [-0.3, -0.25) is 5.10 Å². The van der Waals surface area contributed by atoms with E-state index in [1.807, 2.05) is 24.5 Å². The number of H-pyrrole nitrogens is 1. The van der Waals surface area contributed by atoms with Crippen LogP contribution in [0.2, 0.25) is 0 Å². The third kappa shape index (κ3) is 2.98. The molecule has 6 nitrogen and oxygen atoms in total. The van der Waals surface area contributed by atoms with Gasteiger partial charge in [0, 0.05) is 28.4 Å². The standard InChI is InChI=1S/C23H21F3N4O2/c1-11(2)20-18(12-5-6-23(26,9-12)22(31)32)19-17(7-13-10-27-29-21(13)28-19)30(20)14-3-4-15(24)16(25)8-14/h3-4,7-8,10-12H,5-6,9H2,1-2H3,(H,31,32)(H,27,28,29)/t12-,23+/m1/s1. The largest absolute Gasteiger partial charge is 0.479 e. The van der Waals surface area contributed by atoms with E-state index in [1.54, 1.807) is 6.20 Å². The fraction of sp³-hybridized carbons (Fsp3) is 0.348. The zero-order valence-corrected chi connectivity index (χ0v) is 17.5. The molecule has 1 saturated carbocycles. The van der Waals surface area contributed by atoms with E-state index < -0.39 is 23.3 Å². The van der Waals surface area contributed by atoms with Crippen molar-refractivity contribution in [3.63, 3.8) is 0 Å². The quantitative estimate of drug-likeness (QED) is 0.445. The maximum Gasteiger partial charge on any atom is 0.341 e. The molecule has 1 fully saturated rings. The maximum atomic E-state index is 15.0. The maximum absolute atomic E-state index is 15.0. The molecule has 166 valence electrons. The van der Waals surface area contributed by atoms with E-state index in [-0.39, 0.29) is 24.7 Å². The van der Waals surface area contributed by atoms with Crippen LogP contribution in [0.15, 0.2) is 30.5 Å². The van der Waals surface area contributed by atoms with Crippen molar-refractivity contribution in [2.24, 2.45) is 0 Å². The van der Waals surface area contributed by atoms with Crippen molar-refractivity contribution in [1.82, 2.24) is 19.7 Å². The number of fused-ring (bicyclic) bond motifs is 2. The van der Waals surface area contributed by atoms with E-state index in [0.29, 0.717) is 28.8 Å². The van der Waals surface area contributed by atoms with Crippen LogP contribution in [0.5, 0.6) is 0 Å². The Labute approximate surface area is 181 Å². The van der Waals surface area contributed by atoms with Crippen molar-refractivity contribution in [1.29, 1.82) is 0 Å². The number of aliphatic carboxylic acids is 1. The number of carboxylic acids is 1. The summed E-state index contributed by atoms with van der Waals surface area (Å²) >= 11 is 0. The average Bonchev–Trinajstić information content (AvgIpc) is 3.43. The summed E-state index contributed by atoms with van der Waals surface area (Å²) in [6, 6.07) is 5.52. The van der Waals surface area contributed by atoms with Gasteiger partial charge in [0.1, 0.15) is 0 Å². The zero-order valence-electron chi connectivity index (χ0n) is 17.5. The molecular weight excluding hydrogens is 421 g/mol. The third-order valence-electron chi connectivity index (χ3n) is 6.38. The monoisotopic (exact) mass is 442 g/mol. The average molecular weight is 442 g/mol. The summed E-state index contributed by atoms with van der Waals surface area (Å²) in [5.74, 6) is -3.85. The van der Waals surface area contributed by atoms with Gasteiger partial charge >= 0.3 is 5.97 Å². The number of hydrogen-bond donors (Lipinski definition) is 2. The molecule has 9 heteroatoms. The molecule has 2 atom stereocenters. The van der Waals surface area contributed by atoms with E-state index in [0.717, 1.165) is 28.8 Å². The van der Waals surface area contributed by atoms with E-state index >= 15 is 4.39 Å². The minimum Gasteiger partial charge on any atom is -0.479 e. The molecule has 0 bridgehead atoms. The summed E-state index contributed by atoms with van der Waals surface area (Å²) in [6.45, 7) is 3.91. The molecular formula is C23H21F3N4O2. The fourth-order valence-electron chi connectivity index (χ4n) is 4.92. The van der Waals surface area contributed by atoms with Gasteiger partial charge in [-0.15, -0.1) is 0 Å². The van der Waals surface area contributed by atoms with Gasteiger partial charge in [-0.05, 0) is 49.3 Å². The second kappa shape index (κ2) is 7.08. The molecule has 0 aliphatic heterocycles. The summed E-state index contributed by atoms with van der Waals surface area (Å²) in [6.07, 6.45) is 1.71. The number of carboxylic acid groups (broad SMARTS) is 1. The van der Waals surface area contributed by atoms with E-state index in [4.69, 9.17) is 4.98 Å². The molecule has 5 rings (SSSR count). The van der Waals surface area contributed by atoms with Crippen LogP contribution in [-0.4, -0.2) is 36.5 Å². The fourth-order valence-corrected chi connectivity index (χ4v) is 4.92. The number of nitrogens with zero attached hydrogens (tertiary/aromatic N) is 3. The number of rotatable bonds is 4. The van der Waals surface area contributed by atoms with Crippen molar-refractivity contribution in [3.05, 3.63) is 53.4 Å². The summed E-state index contributed by atoms with van der Waals surface area (Å²) in [5, 5.41) is 17.0. The molecule has 0 saturated heterocycles. The lowest BCUT2D eigenvalue weighted by molar-refractivity contribution is -0.150. The molecule has 0 spiro atoms. The van der Waals surface area contributed by atoms with Gasteiger partial charge in [0.05, 0.1) is 17.2 Å². The molecule has 32 heavy (non-hydrogen) atoms. The SMILES string of the molecule is CC(C)c1c([C@@H]2CC[C@@](F)(C(=O)O)C2)c2nc3[nH]ncc3cc2n1-c1ccc(F)c(F)c1. The molecule has 3 heterocycles. The molecule has 0 radical (unpaired) electrons. The third-order valence-corrected chi connectivity index (χ3v) is 6.38. The molecule has 1 aliphatic carbocycles. The molecule has 1 aromatic carbocycles. The predicted octanol–water partition coefficient (Wildman–Crippen LogP) is 5.36. The van der Waals surface area contributed by atoms with Gasteiger partial charge in [0.15, 0.2) is 17.3 Å². The van der Waals surface area contributed by atoms with Crippen LogP contribution in [0.25, 0.3) is 27.8 Å². The number of hydrogen-bond acceptors (Lipinski definition) is 3. The Morgan fingerprint density at radius 1 is 1.28 bits per heavy atom. The van der Waals surface area contributed by atoms with Gasteiger partial charge in [0.25, 0.3) is 0 Å². The number of pyridine rings is 1. The number of aromatic amines is 1. The van der Waals surface area contributed by atoms with Crippen molar-refractivity contribution in [3.8, 4) is 5.69 Å². The first-order valence-electron chi connectivity index (χ1n) is 10.5. The van der Waals surface area contributed by atoms with Gasteiger partial charge in [-0.1, -0.05) is 13.8 Å². The molecule has 2 N–H and O–H groups in total. The van der Waals surface area contributed by atoms with Gasteiger partial charge in [0.2, 0.25) is 5.67 Å². The number of alkyl halides is 1. The van der Waals surface area contributed by atoms with E-state index in [1.165, 1.54) is 6.07 Å². The molecule has 4 aromatic rings. The van der Waals surface area contributed by atoms with Crippen molar-refractivity contribution < 1.29 is 23.1 Å². The first kappa shape index (κ1) is 20.5. The molecule has 0 unspecified atom stereocenters. The Kier molecular flexibility index (Phi) is 4.54. The minimum atomic E-state index is -2.30. The van der Waals surface area contributed by atoms with Crippen molar-refractivity contribution in [2.75, 3.05) is 0 Å². The summed E-state index contributed by atoms with van der Waals surface area (Å²) in [5.41, 5.74) is 1.41. The van der Waals surface area contributed by atoms with Crippen molar-refractivity contribution in [2.45, 2.75) is 50.6 Å². The normalized spacial score (nSPS) is 21.2. The molecule has 1 aliphatic rings. The Morgan fingerprint density at radius 2 is 2.06 bits per heavy atom. The lowest BCUT2D eigenvalue weighted by Crippen LogP contribution is -2.30. The number of carbonyl (C=O) groups is 1. The molecule has 3 aromatic heterocycles. The Balaban J connectivity index is 1.84. The highest BCUT2D eigenvalue weighted by Gasteiger charge is 2.48. The minimum absolute atomic E-state index is 0.0804. The predicted molar refractivity (Wildman–Crippen MR) is 113 cm³/mol. The van der Waals surface area contributed by atoms with Crippen LogP contribution in [-0.2, 0) is 4.79 Å². The number of halogens is 3. The van der Waals surface area contributed by atoms with Crippen LogP contribution in [0.1, 0.15) is 56.2 Å². The topological polar surface area (TPSA) is 83.8 Å². The van der Waals surface area contributed by atoms with Crippen LogP contribution < -0.4 is 0 Å². The highest BCUT2D eigenvalue weighted by atomic mass is 19.2. The van der Waals surface area contributed by atoms with Crippen molar-refractivity contribution >= 4 is 28.0 Å². The lowest BCUT2D eigenvalue weighted by Gasteiger charge is -2.19. The number of benzene rings is 1. The smallest absolute Gasteiger partial charge is 0.341 e. The van der Waals surface area contributed by atoms with Gasteiger partial charge in [-0.25, -0.2) is 22.9 Å². The first-order valence-corrected chi connectivity index (χ1v) is 10.5. The van der Waals surface area contributed by atoms with Crippen LogP contribution in [0.4, 0.5) is 13.2 Å². The molecule has 0 amide bonds. The Bertz CT molecular complexity index is 1380. The Morgan fingerprint density at radius 3 is 2.72 bits per heavy atom. The number of aromatic nitrogens is 4. The van der Waals surface area contributed by atoms with Gasteiger partial charge < -0.3 is 9.67 Å². The number of nitrogens with one attached hydrogen (secondary N) is 1. The zero-order chi connectivity index (χ0) is 22.8. The Hall–Kier alpha value is -3.36. The van der Waals surface area contributed by atoms with Crippen LogP contribution in [0.3, 0.4) is 0 Å². The summed E-state index contributed by atoms with van der Waals surface area (Å²) < 4.78 is 44.6. The van der Waals surface area contributed by atoms with E-state index in [9.17, 15) is 18.7 Å². The summed E-state index contributed by atoms with van der Waals surface area (Å²) in [7, 11) is 0. The van der Waals surface area contributed by atoms with Crippen LogP contribution in [0, 0.1) is 11.6 Å². The lowest BCUT2D eigenvalue weighted by atomic mass is 9.91. The second-order valence-electron chi connectivity index (χ2n) is 8.76. The van der Waals surface area contributed by atoms with Crippen LogP contribution >= 0.6 is 0 Å². The summed E-state index contributed by atoms with van der Waals surface area (Å²) in [4.78, 5) is 16.3. The highest BCUT2D eigenvalue weighted by Crippen LogP contribution is 2.49. The van der Waals surface area contributed by atoms with E-state index in [2.05, 4.69) is 10.2 Å². The first-order chi connectivity index (χ1) is 15.2. The second-order valence-corrected chi connectivity index (χ2v) is 8.76.